The van der Waals surface area contributed by atoms with Crippen LogP contribution in [0.5, 0.6) is 0 Å². The number of allylic oxidation sites excluding steroid dienone is 4. The van der Waals surface area contributed by atoms with Crippen LogP contribution in [-0.2, 0) is 0 Å². The molecular formula is C27H36Si. The first-order valence-corrected chi connectivity index (χ1v) is 13.0. The van der Waals surface area contributed by atoms with Crippen LogP contribution >= 0.6 is 0 Å². The van der Waals surface area contributed by atoms with E-state index in [2.05, 4.69) is 105 Å². The molecule has 1 aliphatic carbocycles. The maximum Gasteiger partial charge on any atom is 0.128 e. The van der Waals surface area contributed by atoms with Crippen LogP contribution in [0.4, 0.5) is 0 Å². The summed E-state index contributed by atoms with van der Waals surface area (Å²) >= 11 is 0. The largest absolute Gasteiger partial charge is 0.128 e. The number of rotatable bonds is 3. The molecule has 1 aliphatic rings. The molecule has 0 saturated heterocycles. The first kappa shape index (κ1) is 20.9. The Morgan fingerprint density at radius 3 is 1.57 bits per heavy atom. The van der Waals surface area contributed by atoms with Gasteiger partial charge in [-0.25, -0.2) is 0 Å². The quantitative estimate of drug-likeness (QED) is 0.528. The van der Waals surface area contributed by atoms with Gasteiger partial charge < -0.3 is 0 Å². The van der Waals surface area contributed by atoms with Crippen LogP contribution in [0.1, 0.15) is 55.5 Å². The summed E-state index contributed by atoms with van der Waals surface area (Å²) in [6, 6.07) is 12.2. The molecular weight excluding hydrogens is 352 g/mol. The Morgan fingerprint density at radius 2 is 1.14 bits per heavy atom. The van der Waals surface area contributed by atoms with Gasteiger partial charge in [-0.05, 0) is 77.7 Å². The van der Waals surface area contributed by atoms with Crippen molar-refractivity contribution in [3.05, 3.63) is 80.9 Å². The van der Waals surface area contributed by atoms with Crippen LogP contribution in [0.15, 0.2) is 53.1 Å². The van der Waals surface area contributed by atoms with E-state index in [1.807, 2.05) is 0 Å². The van der Waals surface area contributed by atoms with Crippen molar-refractivity contribution in [2.45, 2.75) is 73.9 Å². The summed E-state index contributed by atoms with van der Waals surface area (Å²) in [4.78, 5) is 0. The average molecular weight is 389 g/mol. The van der Waals surface area contributed by atoms with Gasteiger partial charge in [0.05, 0.1) is 0 Å². The summed E-state index contributed by atoms with van der Waals surface area (Å²) < 4.78 is 0. The van der Waals surface area contributed by atoms with Crippen molar-refractivity contribution in [1.29, 1.82) is 0 Å². The lowest BCUT2D eigenvalue weighted by atomic mass is 10.0. The summed E-state index contributed by atoms with van der Waals surface area (Å²) in [7, 11) is -2.12. The highest BCUT2D eigenvalue weighted by atomic mass is 28.3. The summed E-state index contributed by atoms with van der Waals surface area (Å²) in [6.07, 6.45) is 2.58. The summed E-state index contributed by atoms with van der Waals surface area (Å²) in [5, 5.41) is 3.18. The minimum atomic E-state index is -2.12. The first-order chi connectivity index (χ1) is 12.9. The molecule has 148 valence electrons. The molecule has 0 N–H and O–H groups in total. The standard InChI is InChI=1S/C27H36Si/c1-17-11-18(2)13-25(12-17)28(10,26-14-19(3)22(6)20(4)15-26)27(9)16-21(5)23(7)24(27)8/h11-16H,1-10H3. The molecule has 0 aliphatic heterocycles. The Hall–Kier alpha value is -1.86. The summed E-state index contributed by atoms with van der Waals surface area (Å²) in [6.45, 7) is 23.3. The van der Waals surface area contributed by atoms with Crippen molar-refractivity contribution in [1.82, 2.24) is 0 Å². The molecule has 0 heterocycles. The van der Waals surface area contributed by atoms with Gasteiger partial charge in [-0.1, -0.05) is 82.5 Å². The third-order valence-corrected chi connectivity index (χ3v) is 13.3. The fourth-order valence-corrected chi connectivity index (χ4v) is 10.2. The van der Waals surface area contributed by atoms with E-state index in [1.54, 1.807) is 15.9 Å². The molecule has 1 heteroatoms. The lowest BCUT2D eigenvalue weighted by Crippen LogP contribution is -2.63. The summed E-state index contributed by atoms with van der Waals surface area (Å²) in [5.74, 6) is 0. The molecule has 0 bridgehead atoms. The SMILES string of the molecule is CC1=CC(C)([Si](C)(c2cc(C)cc(C)c2)c2cc(C)c(C)c(C)c2)C(C)=C1C. The van der Waals surface area contributed by atoms with Gasteiger partial charge in [0, 0.05) is 5.04 Å². The Balaban J connectivity index is 2.42. The highest BCUT2D eigenvalue weighted by Gasteiger charge is 2.51. The van der Waals surface area contributed by atoms with Crippen molar-refractivity contribution in [3.63, 3.8) is 0 Å². The molecule has 2 aromatic carbocycles. The molecule has 0 amide bonds. The zero-order chi connectivity index (χ0) is 21.0. The number of hydrogen-bond acceptors (Lipinski definition) is 0. The minimum absolute atomic E-state index is 0.0789. The van der Waals surface area contributed by atoms with Gasteiger partial charge in [0.2, 0.25) is 0 Å². The highest BCUT2D eigenvalue weighted by Crippen LogP contribution is 2.53. The van der Waals surface area contributed by atoms with E-state index in [1.165, 1.54) is 39.0 Å². The lowest BCUT2D eigenvalue weighted by Gasteiger charge is -2.44. The number of aryl methyl sites for hydroxylation is 4. The van der Waals surface area contributed by atoms with Crippen LogP contribution < -0.4 is 10.4 Å². The minimum Gasteiger partial charge on any atom is -0.0733 e. The zero-order valence-corrected chi connectivity index (χ0v) is 20.5. The van der Waals surface area contributed by atoms with Crippen LogP contribution in [0.25, 0.3) is 0 Å². The van der Waals surface area contributed by atoms with E-state index in [-0.39, 0.29) is 5.04 Å². The topological polar surface area (TPSA) is 0 Å². The summed E-state index contributed by atoms with van der Waals surface area (Å²) in [5.41, 5.74) is 11.5. The van der Waals surface area contributed by atoms with Gasteiger partial charge >= 0.3 is 0 Å². The van der Waals surface area contributed by atoms with Crippen molar-refractivity contribution in [2.24, 2.45) is 0 Å². The molecule has 0 spiro atoms. The molecule has 0 aromatic heterocycles. The van der Waals surface area contributed by atoms with Crippen LogP contribution in [-0.4, -0.2) is 8.07 Å². The van der Waals surface area contributed by atoms with Gasteiger partial charge in [-0.2, -0.15) is 0 Å². The van der Waals surface area contributed by atoms with Gasteiger partial charge in [-0.15, -0.1) is 0 Å². The van der Waals surface area contributed by atoms with E-state index in [4.69, 9.17) is 0 Å². The van der Waals surface area contributed by atoms with Crippen LogP contribution in [0.3, 0.4) is 0 Å². The predicted octanol–water partition coefficient (Wildman–Crippen LogP) is 6.48. The van der Waals surface area contributed by atoms with E-state index >= 15 is 0 Å². The first-order valence-electron chi connectivity index (χ1n) is 10.5. The molecule has 2 atom stereocenters. The second kappa shape index (κ2) is 6.88. The molecule has 0 nitrogen and oxygen atoms in total. The number of benzene rings is 2. The Bertz CT molecular complexity index is 977. The fourth-order valence-electron chi connectivity index (χ4n) is 5.21. The maximum atomic E-state index is 2.59. The molecule has 2 aromatic rings. The van der Waals surface area contributed by atoms with E-state index < -0.39 is 8.07 Å². The monoisotopic (exact) mass is 388 g/mol. The van der Waals surface area contributed by atoms with Crippen molar-refractivity contribution in [2.75, 3.05) is 0 Å². The molecule has 28 heavy (non-hydrogen) atoms. The van der Waals surface area contributed by atoms with Crippen LogP contribution in [0.2, 0.25) is 11.6 Å². The van der Waals surface area contributed by atoms with E-state index in [0.29, 0.717) is 0 Å². The molecule has 0 saturated carbocycles. The lowest BCUT2D eigenvalue weighted by molar-refractivity contribution is 0.864. The Labute approximate surface area is 173 Å². The smallest absolute Gasteiger partial charge is 0.0733 e. The van der Waals surface area contributed by atoms with E-state index in [9.17, 15) is 0 Å². The van der Waals surface area contributed by atoms with Gasteiger partial charge in [-0.3, -0.25) is 0 Å². The third kappa shape index (κ3) is 2.95. The molecule has 2 unspecified atom stereocenters. The predicted molar refractivity (Wildman–Crippen MR) is 128 cm³/mol. The Kier molecular flexibility index (Phi) is 5.13. The molecule has 0 radical (unpaired) electrons. The van der Waals surface area contributed by atoms with Crippen molar-refractivity contribution < 1.29 is 0 Å². The van der Waals surface area contributed by atoms with Gasteiger partial charge in [0.1, 0.15) is 8.07 Å². The Morgan fingerprint density at radius 1 is 0.679 bits per heavy atom. The molecule has 3 rings (SSSR count). The zero-order valence-electron chi connectivity index (χ0n) is 19.5. The van der Waals surface area contributed by atoms with E-state index in [0.717, 1.165) is 0 Å². The van der Waals surface area contributed by atoms with Crippen molar-refractivity contribution in [3.8, 4) is 0 Å². The fraction of sp³-hybridized carbons (Fsp3) is 0.407. The van der Waals surface area contributed by atoms with Crippen molar-refractivity contribution >= 4 is 18.4 Å². The highest BCUT2D eigenvalue weighted by molar-refractivity contribution is 7.04. The van der Waals surface area contributed by atoms with Gasteiger partial charge in [0.25, 0.3) is 0 Å². The molecule has 0 fully saturated rings. The third-order valence-electron chi connectivity index (χ3n) is 7.78. The maximum absolute atomic E-state index is 2.59. The average Bonchev–Trinajstić information content (AvgIpc) is 2.81. The second-order valence-electron chi connectivity index (χ2n) is 9.52. The van der Waals surface area contributed by atoms with Gasteiger partial charge in [0.15, 0.2) is 0 Å². The second-order valence-corrected chi connectivity index (χ2v) is 14.0. The number of hydrogen-bond donors (Lipinski definition) is 0. The van der Waals surface area contributed by atoms with Crippen LogP contribution in [0, 0.1) is 34.6 Å². The normalized spacial score (nSPS) is 21.7.